The predicted octanol–water partition coefficient (Wildman–Crippen LogP) is 4.30. The minimum atomic E-state index is -3.49. The maximum atomic E-state index is 15.3. The number of rotatable bonds is 11. The third-order valence-corrected chi connectivity index (χ3v) is 10.2. The fourth-order valence-corrected chi connectivity index (χ4v) is 8.05. The Morgan fingerprint density at radius 2 is 1.82 bits per heavy atom. The number of benzene rings is 2. The summed E-state index contributed by atoms with van der Waals surface area (Å²) in [6.45, 7) is 3.98. The monoisotopic (exact) mass is 652 g/mol. The number of anilines is 1. The highest BCUT2D eigenvalue weighted by atomic mass is 35.5. The standard InChI is InChI=1S/C31H42ClFN4O6S/c1-4-23-18-34-19-24(37(23)44(3,40)41)12-13-25-26(33)6-5-7-27(25)35-30(38)29(36-31(39)42-2)28(21-14-16-43-17-15-21)20-8-10-22(32)11-9-20/h5-11,21,23-24,28-29,34H,4,12-19H2,1-3H3,(H,35,38)(H,36,39)/t23-,24-,28?,29-/m0/s1. The molecule has 2 heterocycles. The Morgan fingerprint density at radius 3 is 2.45 bits per heavy atom. The lowest BCUT2D eigenvalue weighted by atomic mass is 9.76. The molecule has 2 aliphatic rings. The molecule has 2 saturated heterocycles. The van der Waals surface area contributed by atoms with E-state index >= 15 is 4.39 Å². The molecule has 10 nitrogen and oxygen atoms in total. The number of nitrogens with zero attached hydrogens (tertiary/aromatic N) is 1. The first kappa shape index (κ1) is 34.1. The third-order valence-electron chi connectivity index (χ3n) is 8.57. The number of amides is 2. The number of ether oxygens (including phenoxy) is 2. The zero-order chi connectivity index (χ0) is 31.9. The van der Waals surface area contributed by atoms with E-state index in [4.69, 9.17) is 21.1 Å². The largest absolute Gasteiger partial charge is 0.453 e. The number of hydrogen-bond donors (Lipinski definition) is 3. The Balaban J connectivity index is 1.63. The van der Waals surface area contributed by atoms with Gasteiger partial charge in [0.1, 0.15) is 11.9 Å². The topological polar surface area (TPSA) is 126 Å². The molecule has 2 aromatic rings. The molecule has 0 saturated carbocycles. The molecular weight excluding hydrogens is 611 g/mol. The summed E-state index contributed by atoms with van der Waals surface area (Å²) in [5.74, 6) is -1.50. The average Bonchev–Trinajstić information content (AvgIpc) is 3.01. The minimum Gasteiger partial charge on any atom is -0.453 e. The van der Waals surface area contributed by atoms with Crippen LogP contribution in [-0.4, -0.2) is 82.5 Å². The van der Waals surface area contributed by atoms with Crippen molar-refractivity contribution < 1.29 is 31.9 Å². The van der Waals surface area contributed by atoms with Crippen molar-refractivity contribution in [1.82, 2.24) is 14.9 Å². The summed E-state index contributed by atoms with van der Waals surface area (Å²) in [7, 11) is -2.27. The van der Waals surface area contributed by atoms with Crippen molar-refractivity contribution in [2.75, 3.05) is 45.0 Å². The Kier molecular flexibility index (Phi) is 12.0. The Hall–Kier alpha value is -2.77. The third kappa shape index (κ3) is 8.48. The molecule has 2 aliphatic heterocycles. The van der Waals surface area contributed by atoms with E-state index in [-0.39, 0.29) is 35.7 Å². The van der Waals surface area contributed by atoms with E-state index in [1.165, 1.54) is 29.8 Å². The van der Waals surface area contributed by atoms with Gasteiger partial charge in [-0.1, -0.05) is 36.7 Å². The highest BCUT2D eigenvalue weighted by Gasteiger charge is 2.39. The van der Waals surface area contributed by atoms with Gasteiger partial charge in [-0.05, 0) is 67.9 Å². The van der Waals surface area contributed by atoms with Crippen molar-refractivity contribution in [2.45, 2.75) is 63.1 Å². The molecule has 0 spiro atoms. The summed E-state index contributed by atoms with van der Waals surface area (Å²) < 4.78 is 52.7. The number of methoxy groups -OCH3 is 1. The van der Waals surface area contributed by atoms with Crippen molar-refractivity contribution in [3.63, 3.8) is 0 Å². The van der Waals surface area contributed by atoms with Gasteiger partial charge < -0.3 is 25.4 Å². The van der Waals surface area contributed by atoms with Crippen LogP contribution in [0.1, 0.15) is 49.7 Å². The smallest absolute Gasteiger partial charge is 0.407 e. The van der Waals surface area contributed by atoms with E-state index in [2.05, 4.69) is 16.0 Å². The van der Waals surface area contributed by atoms with Crippen molar-refractivity contribution in [1.29, 1.82) is 0 Å². The number of nitrogens with one attached hydrogen (secondary N) is 3. The first-order valence-electron chi connectivity index (χ1n) is 15.0. The molecule has 0 aliphatic carbocycles. The number of sulfonamides is 1. The molecule has 44 heavy (non-hydrogen) atoms. The second-order valence-corrected chi connectivity index (χ2v) is 13.7. The SMILES string of the molecule is CC[C@H]1CNC[C@H](CCc2c(F)cccc2NC(=O)[C@@H](NC(=O)OC)C(c2ccc(Cl)cc2)C2CCOCC2)N1S(C)(=O)=O. The molecule has 2 amide bonds. The first-order chi connectivity index (χ1) is 21.0. The van der Waals surface area contributed by atoms with Gasteiger partial charge in [0.05, 0.1) is 13.4 Å². The minimum absolute atomic E-state index is 0.00268. The fourth-order valence-electron chi connectivity index (χ4n) is 6.44. The molecule has 4 atom stereocenters. The molecule has 1 unspecified atom stereocenters. The van der Waals surface area contributed by atoms with Gasteiger partial charge in [0.25, 0.3) is 0 Å². The Labute approximate surface area is 264 Å². The average molecular weight is 653 g/mol. The molecule has 0 bridgehead atoms. The van der Waals surface area contributed by atoms with Gasteiger partial charge in [0.2, 0.25) is 15.9 Å². The van der Waals surface area contributed by atoms with Gasteiger partial charge >= 0.3 is 6.09 Å². The van der Waals surface area contributed by atoms with E-state index in [0.29, 0.717) is 57.0 Å². The van der Waals surface area contributed by atoms with Crippen molar-refractivity contribution in [3.05, 3.63) is 64.4 Å². The Bertz CT molecular complexity index is 1390. The summed E-state index contributed by atoms with van der Waals surface area (Å²) >= 11 is 6.16. The van der Waals surface area contributed by atoms with E-state index < -0.39 is 39.8 Å². The number of halogens is 2. The van der Waals surface area contributed by atoms with Gasteiger partial charge in [0, 0.05) is 60.6 Å². The number of alkyl carbamates (subject to hydrolysis) is 1. The molecule has 0 aromatic heterocycles. The van der Waals surface area contributed by atoms with E-state index in [1.807, 2.05) is 19.1 Å². The lowest BCUT2D eigenvalue weighted by Crippen LogP contribution is -2.58. The number of piperazine rings is 1. The summed E-state index contributed by atoms with van der Waals surface area (Å²) in [5.41, 5.74) is 1.34. The number of carbonyl (C=O) groups excluding carboxylic acids is 2. The molecule has 0 radical (unpaired) electrons. The quantitative estimate of drug-likeness (QED) is 0.331. The lowest BCUT2D eigenvalue weighted by Gasteiger charge is -2.40. The summed E-state index contributed by atoms with van der Waals surface area (Å²) in [6, 6.07) is 9.96. The van der Waals surface area contributed by atoms with Crippen LogP contribution in [0.5, 0.6) is 0 Å². The van der Waals surface area contributed by atoms with Gasteiger partial charge in [-0.15, -0.1) is 0 Å². The fraction of sp³-hybridized carbons (Fsp3) is 0.548. The van der Waals surface area contributed by atoms with Gasteiger partial charge in [-0.25, -0.2) is 17.6 Å². The normalized spacial score (nSPS) is 21.3. The second kappa shape index (κ2) is 15.5. The number of carbonyl (C=O) groups is 2. The molecule has 13 heteroatoms. The number of hydrogen-bond acceptors (Lipinski definition) is 7. The van der Waals surface area contributed by atoms with E-state index in [0.717, 1.165) is 5.56 Å². The van der Waals surface area contributed by atoms with Crippen LogP contribution in [0, 0.1) is 11.7 Å². The highest BCUT2D eigenvalue weighted by molar-refractivity contribution is 7.88. The maximum Gasteiger partial charge on any atom is 0.407 e. The molecule has 242 valence electrons. The van der Waals surface area contributed by atoms with Gasteiger partial charge in [-0.2, -0.15) is 4.31 Å². The zero-order valence-electron chi connectivity index (χ0n) is 25.4. The first-order valence-corrected chi connectivity index (χ1v) is 17.2. The van der Waals surface area contributed by atoms with Crippen LogP contribution in [0.25, 0.3) is 0 Å². The summed E-state index contributed by atoms with van der Waals surface area (Å²) in [5, 5.41) is 9.44. The molecule has 3 N–H and O–H groups in total. The summed E-state index contributed by atoms with van der Waals surface area (Å²) in [4.78, 5) is 26.6. The van der Waals surface area contributed by atoms with Crippen LogP contribution < -0.4 is 16.0 Å². The summed E-state index contributed by atoms with van der Waals surface area (Å²) in [6.07, 6.45) is 2.96. The van der Waals surface area contributed by atoms with E-state index in [9.17, 15) is 18.0 Å². The zero-order valence-corrected chi connectivity index (χ0v) is 26.9. The molecule has 2 fully saturated rings. The van der Waals surface area contributed by atoms with Gasteiger partial charge in [-0.3, -0.25) is 4.79 Å². The van der Waals surface area contributed by atoms with Crippen molar-refractivity contribution in [3.8, 4) is 0 Å². The van der Waals surface area contributed by atoms with Crippen molar-refractivity contribution in [2.24, 2.45) is 5.92 Å². The Morgan fingerprint density at radius 1 is 1.14 bits per heavy atom. The van der Waals surface area contributed by atoms with Gasteiger partial charge in [0.15, 0.2) is 0 Å². The van der Waals surface area contributed by atoms with Crippen LogP contribution in [0.2, 0.25) is 5.02 Å². The van der Waals surface area contributed by atoms with Crippen LogP contribution in [-0.2, 0) is 30.7 Å². The highest BCUT2D eigenvalue weighted by Crippen LogP contribution is 2.36. The van der Waals surface area contributed by atoms with E-state index in [1.54, 1.807) is 18.2 Å². The predicted molar refractivity (Wildman–Crippen MR) is 168 cm³/mol. The van der Waals surface area contributed by atoms with Crippen LogP contribution in [0.3, 0.4) is 0 Å². The molecular formula is C31H42ClFN4O6S. The maximum absolute atomic E-state index is 15.3. The lowest BCUT2D eigenvalue weighted by molar-refractivity contribution is -0.119. The molecule has 2 aromatic carbocycles. The van der Waals surface area contributed by atoms with Crippen LogP contribution in [0.15, 0.2) is 42.5 Å². The van der Waals surface area contributed by atoms with Crippen LogP contribution in [0.4, 0.5) is 14.9 Å². The van der Waals surface area contributed by atoms with Crippen LogP contribution >= 0.6 is 11.6 Å². The van der Waals surface area contributed by atoms with Crippen molar-refractivity contribution >= 4 is 39.3 Å². The second-order valence-electron chi connectivity index (χ2n) is 11.4. The molecule has 4 rings (SSSR count).